The van der Waals surface area contributed by atoms with Gasteiger partial charge in [0.25, 0.3) is 11.8 Å². The van der Waals surface area contributed by atoms with Gasteiger partial charge >= 0.3 is 12.0 Å². The van der Waals surface area contributed by atoms with E-state index in [-0.39, 0.29) is 5.56 Å². The van der Waals surface area contributed by atoms with Crippen LogP contribution in [0, 0.1) is 0 Å². The molecule has 0 saturated carbocycles. The third-order valence-electron chi connectivity index (χ3n) is 2.75. The van der Waals surface area contributed by atoms with Crippen molar-refractivity contribution in [3.63, 3.8) is 0 Å². The van der Waals surface area contributed by atoms with Crippen LogP contribution in [0.4, 0.5) is 4.79 Å². The van der Waals surface area contributed by atoms with Gasteiger partial charge in [-0.2, -0.15) is 0 Å². The molecular weight excluding hydrogens is 318 g/mol. The molecule has 1 aromatic carbocycles. The second kappa shape index (κ2) is 9.13. The Morgan fingerprint density at radius 2 is 1.88 bits per heavy atom. The van der Waals surface area contributed by atoms with Crippen LogP contribution in [-0.4, -0.2) is 43.1 Å². The van der Waals surface area contributed by atoms with Crippen LogP contribution in [0.25, 0.3) is 0 Å². The molecule has 0 heterocycles. The lowest BCUT2D eigenvalue weighted by Gasteiger charge is -2.13. The summed E-state index contributed by atoms with van der Waals surface area (Å²) in [6.07, 6.45) is -1.22. The minimum atomic E-state index is -1.22. The van der Waals surface area contributed by atoms with E-state index in [1.165, 1.54) is 6.92 Å². The van der Waals surface area contributed by atoms with Gasteiger partial charge in [-0.3, -0.25) is 19.7 Å². The van der Waals surface area contributed by atoms with Gasteiger partial charge in [-0.1, -0.05) is 12.1 Å². The van der Waals surface area contributed by atoms with Gasteiger partial charge in [0.05, 0.1) is 12.2 Å². The van der Waals surface area contributed by atoms with E-state index in [0.29, 0.717) is 12.4 Å². The molecule has 0 radical (unpaired) electrons. The van der Waals surface area contributed by atoms with E-state index in [1.54, 1.807) is 36.5 Å². The van der Waals surface area contributed by atoms with Gasteiger partial charge in [-0.05, 0) is 26.0 Å². The number of esters is 1. The maximum atomic E-state index is 12.1. The number of para-hydroxylation sites is 1. The van der Waals surface area contributed by atoms with E-state index >= 15 is 0 Å². The second-order valence-corrected chi connectivity index (χ2v) is 4.60. The van der Waals surface area contributed by atoms with Crippen LogP contribution in [0.1, 0.15) is 24.2 Å². The summed E-state index contributed by atoms with van der Waals surface area (Å²) in [4.78, 5) is 45.6. The summed E-state index contributed by atoms with van der Waals surface area (Å²) in [6, 6.07) is 5.51. The van der Waals surface area contributed by atoms with E-state index in [4.69, 9.17) is 15.2 Å². The van der Waals surface area contributed by atoms with Crippen LogP contribution in [0.3, 0.4) is 0 Å². The van der Waals surface area contributed by atoms with Crippen molar-refractivity contribution in [2.75, 3.05) is 13.2 Å². The fourth-order valence-electron chi connectivity index (χ4n) is 1.70. The van der Waals surface area contributed by atoms with Crippen molar-refractivity contribution < 1.29 is 28.7 Å². The van der Waals surface area contributed by atoms with Gasteiger partial charge < -0.3 is 20.5 Å². The van der Waals surface area contributed by atoms with Crippen LogP contribution < -0.4 is 21.1 Å². The van der Waals surface area contributed by atoms with Crippen LogP contribution in [0.15, 0.2) is 24.3 Å². The van der Waals surface area contributed by atoms with Gasteiger partial charge in [0.1, 0.15) is 12.3 Å². The molecule has 4 N–H and O–H groups in total. The number of amides is 4. The van der Waals surface area contributed by atoms with Gasteiger partial charge in [0, 0.05) is 0 Å². The lowest BCUT2D eigenvalue weighted by atomic mass is 10.2. The van der Waals surface area contributed by atoms with Crippen molar-refractivity contribution in [2.45, 2.75) is 20.0 Å². The van der Waals surface area contributed by atoms with Gasteiger partial charge in [-0.15, -0.1) is 0 Å². The molecule has 0 aliphatic rings. The predicted molar refractivity (Wildman–Crippen MR) is 83.2 cm³/mol. The van der Waals surface area contributed by atoms with Crippen LogP contribution in [-0.2, 0) is 14.3 Å². The molecule has 1 aromatic rings. The first kappa shape index (κ1) is 18.9. The normalized spacial score (nSPS) is 11.1. The molecule has 24 heavy (non-hydrogen) atoms. The number of urea groups is 1. The Kier molecular flexibility index (Phi) is 7.21. The Labute approximate surface area is 138 Å². The zero-order valence-electron chi connectivity index (χ0n) is 13.3. The van der Waals surface area contributed by atoms with Crippen LogP contribution >= 0.6 is 0 Å². The van der Waals surface area contributed by atoms with E-state index < -0.39 is 36.5 Å². The molecule has 0 spiro atoms. The first-order valence-electron chi connectivity index (χ1n) is 7.15. The fraction of sp³-hybridized carbons (Fsp3) is 0.333. The third kappa shape index (κ3) is 5.95. The van der Waals surface area contributed by atoms with Gasteiger partial charge in [-0.25, -0.2) is 4.79 Å². The largest absolute Gasteiger partial charge is 0.493 e. The first-order chi connectivity index (χ1) is 11.3. The maximum absolute atomic E-state index is 12.1. The Bertz CT molecular complexity index is 631. The highest BCUT2D eigenvalue weighted by molar-refractivity contribution is 5.99. The number of benzene rings is 1. The Balaban J connectivity index is 2.54. The SMILES string of the molecule is CCOc1ccccc1C(=O)NCC(=O)O[C@H](C)C(=O)NC(N)=O. The molecule has 9 heteroatoms. The van der Waals surface area contributed by atoms with Crippen molar-refractivity contribution in [3.05, 3.63) is 29.8 Å². The molecule has 1 rings (SSSR count). The summed E-state index contributed by atoms with van der Waals surface area (Å²) in [5.41, 5.74) is 5.05. The van der Waals surface area contributed by atoms with Crippen molar-refractivity contribution in [1.29, 1.82) is 0 Å². The molecule has 0 bridgehead atoms. The topological polar surface area (TPSA) is 137 Å². The number of ether oxygens (including phenoxy) is 2. The Morgan fingerprint density at radius 3 is 2.50 bits per heavy atom. The summed E-state index contributed by atoms with van der Waals surface area (Å²) in [6.45, 7) is 2.99. The summed E-state index contributed by atoms with van der Waals surface area (Å²) in [5, 5.41) is 4.14. The third-order valence-corrected chi connectivity index (χ3v) is 2.75. The lowest BCUT2D eigenvalue weighted by Crippen LogP contribution is -2.43. The van der Waals surface area contributed by atoms with Crippen molar-refractivity contribution in [3.8, 4) is 5.75 Å². The average molecular weight is 337 g/mol. The average Bonchev–Trinajstić information content (AvgIpc) is 2.52. The van der Waals surface area contributed by atoms with E-state index in [1.807, 2.05) is 0 Å². The molecule has 0 unspecified atom stereocenters. The quantitative estimate of drug-likeness (QED) is 0.596. The number of hydrogen-bond acceptors (Lipinski definition) is 6. The smallest absolute Gasteiger partial charge is 0.326 e. The highest BCUT2D eigenvalue weighted by atomic mass is 16.5. The number of imide groups is 1. The molecule has 130 valence electrons. The number of carbonyl (C=O) groups is 4. The van der Waals surface area contributed by atoms with Crippen LogP contribution in [0.5, 0.6) is 5.75 Å². The molecule has 0 aliphatic carbocycles. The number of rotatable bonds is 7. The monoisotopic (exact) mass is 337 g/mol. The first-order valence-corrected chi connectivity index (χ1v) is 7.15. The highest BCUT2D eigenvalue weighted by Crippen LogP contribution is 2.17. The second-order valence-electron chi connectivity index (χ2n) is 4.60. The zero-order chi connectivity index (χ0) is 18.1. The van der Waals surface area contributed by atoms with Crippen molar-refractivity contribution >= 4 is 23.8 Å². The molecule has 9 nitrogen and oxygen atoms in total. The fourth-order valence-corrected chi connectivity index (χ4v) is 1.70. The minimum Gasteiger partial charge on any atom is -0.493 e. The van der Waals surface area contributed by atoms with Crippen LogP contribution in [0.2, 0.25) is 0 Å². The molecule has 0 fully saturated rings. The van der Waals surface area contributed by atoms with Gasteiger partial charge in [0.15, 0.2) is 6.10 Å². The number of nitrogens with two attached hydrogens (primary N) is 1. The number of hydrogen-bond donors (Lipinski definition) is 3. The Hall–Kier alpha value is -3.10. The standard InChI is InChI=1S/C15H19N3O6/c1-3-23-11-7-5-4-6-10(11)14(21)17-8-12(19)24-9(2)13(20)18-15(16)22/h4-7,9H,3,8H2,1-2H3,(H,17,21)(H3,16,18,20,22)/t9-/m1/s1. The highest BCUT2D eigenvalue weighted by Gasteiger charge is 2.20. The molecule has 0 saturated heterocycles. The number of carbonyl (C=O) groups excluding carboxylic acids is 4. The van der Waals surface area contributed by atoms with E-state index in [0.717, 1.165) is 0 Å². The summed E-state index contributed by atoms with van der Waals surface area (Å²) < 4.78 is 10.1. The van der Waals surface area contributed by atoms with Gasteiger partial charge in [0.2, 0.25) is 0 Å². The molecule has 4 amide bonds. The lowest BCUT2D eigenvalue weighted by molar-refractivity contribution is -0.153. The van der Waals surface area contributed by atoms with E-state index in [2.05, 4.69) is 5.32 Å². The maximum Gasteiger partial charge on any atom is 0.326 e. The minimum absolute atomic E-state index is 0.270. The zero-order valence-corrected chi connectivity index (χ0v) is 13.3. The Morgan fingerprint density at radius 1 is 1.21 bits per heavy atom. The molecular formula is C15H19N3O6. The van der Waals surface area contributed by atoms with Crippen molar-refractivity contribution in [2.24, 2.45) is 5.73 Å². The number of nitrogens with one attached hydrogen (secondary N) is 2. The molecule has 0 aromatic heterocycles. The molecule has 0 aliphatic heterocycles. The predicted octanol–water partition coefficient (Wildman–Crippen LogP) is -0.0583. The van der Waals surface area contributed by atoms with E-state index in [9.17, 15) is 19.2 Å². The summed E-state index contributed by atoms with van der Waals surface area (Å²) >= 11 is 0. The van der Waals surface area contributed by atoms with Crippen molar-refractivity contribution in [1.82, 2.24) is 10.6 Å². The summed E-state index contributed by atoms with van der Waals surface area (Å²) in [7, 11) is 0. The summed E-state index contributed by atoms with van der Waals surface area (Å²) in [5.74, 6) is -1.83. The number of primary amides is 1. The molecule has 1 atom stereocenters.